The molecule has 5 atom stereocenters. The predicted octanol–water partition coefficient (Wildman–Crippen LogP) is 2.47. The summed E-state index contributed by atoms with van der Waals surface area (Å²) in [7, 11) is 0. The lowest BCUT2D eigenvalue weighted by molar-refractivity contribution is -0.159. The van der Waals surface area contributed by atoms with Gasteiger partial charge in [0.15, 0.2) is 6.10 Å². The van der Waals surface area contributed by atoms with Gasteiger partial charge in [0.05, 0.1) is 6.04 Å². The molecule has 2 N–H and O–H groups in total. The molecule has 1 amide bonds. The lowest BCUT2D eigenvalue weighted by Gasteiger charge is -2.37. The van der Waals surface area contributed by atoms with Gasteiger partial charge in [0.25, 0.3) is 0 Å². The smallest absolute Gasteiger partial charge is 0.480 e. The van der Waals surface area contributed by atoms with E-state index in [1.807, 2.05) is 54.6 Å². The molecule has 2 aromatic carbocycles. The van der Waals surface area contributed by atoms with E-state index in [0.717, 1.165) is 16.7 Å². The third kappa shape index (κ3) is 6.49. The van der Waals surface area contributed by atoms with Crippen molar-refractivity contribution in [2.45, 2.75) is 70.0 Å². The number of aryl methyl sites for hydroxylation is 1. The monoisotopic (exact) mass is 524 g/mol. The van der Waals surface area contributed by atoms with Crippen LogP contribution in [0, 0.1) is 0 Å². The summed E-state index contributed by atoms with van der Waals surface area (Å²) in [5.41, 5.74) is 2.83. The second-order valence-corrected chi connectivity index (χ2v) is 9.62. The molecule has 2 heterocycles. The number of benzene rings is 2. The van der Waals surface area contributed by atoms with E-state index < -0.39 is 54.3 Å². The molecule has 38 heavy (non-hydrogen) atoms. The number of hydrogen-bond acceptors (Lipinski definition) is 8. The zero-order chi connectivity index (χ0) is 27.2. The number of carboxylic acid groups (broad SMARTS) is 1. The molecule has 2 unspecified atom stereocenters. The predicted molar refractivity (Wildman–Crippen MR) is 135 cm³/mol. The van der Waals surface area contributed by atoms with Crippen LogP contribution in [0.2, 0.25) is 0 Å². The molecule has 202 valence electrons. The van der Waals surface area contributed by atoms with Crippen molar-refractivity contribution in [3.8, 4) is 0 Å². The average molecular weight is 525 g/mol. The highest BCUT2D eigenvalue weighted by Crippen LogP contribution is 2.25. The molecule has 10 nitrogen and oxygen atoms in total. The van der Waals surface area contributed by atoms with Gasteiger partial charge in [-0.3, -0.25) is 14.9 Å². The SMILES string of the molecule is CC1OC(=O)OC1COC(=O)[C@@H]1Cc2ccccc2CN1C(=O)[C@H](C)N[C@@H](CCc1ccccc1)C(=O)O. The first-order valence-electron chi connectivity index (χ1n) is 12.7. The minimum absolute atomic E-state index is 0.181. The third-order valence-corrected chi connectivity index (χ3v) is 6.93. The van der Waals surface area contributed by atoms with E-state index in [1.54, 1.807) is 13.8 Å². The number of cyclic esters (lactones) is 2. The van der Waals surface area contributed by atoms with E-state index in [4.69, 9.17) is 14.2 Å². The van der Waals surface area contributed by atoms with Gasteiger partial charge in [-0.05, 0) is 43.4 Å². The zero-order valence-electron chi connectivity index (χ0n) is 21.4. The van der Waals surface area contributed by atoms with E-state index in [9.17, 15) is 24.3 Å². The number of ether oxygens (including phenoxy) is 3. The maximum absolute atomic E-state index is 13.6. The van der Waals surface area contributed by atoms with Gasteiger partial charge < -0.3 is 24.2 Å². The summed E-state index contributed by atoms with van der Waals surface area (Å²) in [4.78, 5) is 51.5. The van der Waals surface area contributed by atoms with Crippen molar-refractivity contribution >= 4 is 24.0 Å². The Morgan fingerprint density at radius 1 is 1.08 bits per heavy atom. The van der Waals surface area contributed by atoms with Crippen molar-refractivity contribution in [3.63, 3.8) is 0 Å². The fraction of sp³-hybridized carbons (Fsp3) is 0.429. The Bertz CT molecular complexity index is 1170. The van der Waals surface area contributed by atoms with Gasteiger partial charge in [-0.15, -0.1) is 0 Å². The first-order valence-corrected chi connectivity index (χ1v) is 12.7. The third-order valence-electron chi connectivity index (χ3n) is 6.93. The minimum atomic E-state index is -1.05. The lowest BCUT2D eigenvalue weighted by Crippen LogP contribution is -2.56. The Labute approximate surface area is 220 Å². The second kappa shape index (κ2) is 12.1. The number of esters is 1. The number of rotatable bonds is 10. The summed E-state index contributed by atoms with van der Waals surface area (Å²) in [6.07, 6.45) is -1.03. The Morgan fingerprint density at radius 3 is 2.42 bits per heavy atom. The molecule has 10 heteroatoms. The Morgan fingerprint density at radius 2 is 1.76 bits per heavy atom. The summed E-state index contributed by atoms with van der Waals surface area (Å²) in [6, 6.07) is 14.3. The Hall–Kier alpha value is -3.92. The van der Waals surface area contributed by atoms with Crippen molar-refractivity contribution in [1.29, 1.82) is 0 Å². The van der Waals surface area contributed by atoms with Gasteiger partial charge in [0.1, 0.15) is 24.8 Å². The van der Waals surface area contributed by atoms with Gasteiger partial charge in [0.2, 0.25) is 5.91 Å². The maximum Gasteiger partial charge on any atom is 0.509 e. The summed E-state index contributed by atoms with van der Waals surface area (Å²) in [5.74, 6) is -2.09. The lowest BCUT2D eigenvalue weighted by atomic mass is 9.93. The Balaban J connectivity index is 1.45. The van der Waals surface area contributed by atoms with Crippen LogP contribution in [0.25, 0.3) is 0 Å². The molecule has 4 rings (SSSR count). The topological polar surface area (TPSA) is 131 Å². The van der Waals surface area contributed by atoms with Crippen LogP contribution in [0.4, 0.5) is 4.79 Å². The highest BCUT2D eigenvalue weighted by molar-refractivity contribution is 5.88. The highest BCUT2D eigenvalue weighted by atomic mass is 16.8. The molecule has 0 spiro atoms. The van der Waals surface area contributed by atoms with Crippen molar-refractivity contribution < 1.29 is 38.5 Å². The van der Waals surface area contributed by atoms with Crippen LogP contribution in [-0.4, -0.2) is 70.9 Å². The van der Waals surface area contributed by atoms with Crippen molar-refractivity contribution in [1.82, 2.24) is 10.2 Å². The summed E-state index contributed by atoms with van der Waals surface area (Å²) in [6.45, 7) is 3.22. The van der Waals surface area contributed by atoms with E-state index in [0.29, 0.717) is 12.8 Å². The zero-order valence-corrected chi connectivity index (χ0v) is 21.4. The van der Waals surface area contributed by atoms with Crippen LogP contribution in [0.1, 0.15) is 37.0 Å². The number of hydrogen-bond donors (Lipinski definition) is 2. The van der Waals surface area contributed by atoms with Crippen LogP contribution in [-0.2, 0) is 48.0 Å². The number of carboxylic acids is 1. The first-order chi connectivity index (χ1) is 18.2. The molecule has 0 saturated carbocycles. The van der Waals surface area contributed by atoms with Crippen LogP contribution in [0.5, 0.6) is 0 Å². The van der Waals surface area contributed by atoms with Gasteiger partial charge in [-0.2, -0.15) is 0 Å². The van der Waals surface area contributed by atoms with Gasteiger partial charge in [-0.1, -0.05) is 54.6 Å². The molecular formula is C28H32N2O8. The highest BCUT2D eigenvalue weighted by Gasteiger charge is 2.40. The fourth-order valence-corrected chi connectivity index (χ4v) is 4.73. The van der Waals surface area contributed by atoms with Crippen LogP contribution in [0.15, 0.2) is 54.6 Å². The summed E-state index contributed by atoms with van der Waals surface area (Å²) >= 11 is 0. The van der Waals surface area contributed by atoms with Crippen molar-refractivity contribution in [3.05, 3.63) is 71.3 Å². The second-order valence-electron chi connectivity index (χ2n) is 9.62. The molecule has 2 aromatic rings. The number of nitrogens with zero attached hydrogens (tertiary/aromatic N) is 1. The quantitative estimate of drug-likeness (QED) is 0.450. The van der Waals surface area contributed by atoms with Crippen LogP contribution in [0.3, 0.4) is 0 Å². The number of carbonyl (C=O) groups is 4. The molecule has 0 bridgehead atoms. The minimum Gasteiger partial charge on any atom is -0.480 e. The van der Waals surface area contributed by atoms with E-state index in [-0.39, 0.29) is 19.6 Å². The van der Waals surface area contributed by atoms with E-state index in [2.05, 4.69) is 5.32 Å². The van der Waals surface area contributed by atoms with Gasteiger partial charge in [-0.25, -0.2) is 9.59 Å². The van der Waals surface area contributed by atoms with Crippen LogP contribution < -0.4 is 5.32 Å². The molecule has 0 aliphatic carbocycles. The number of carbonyl (C=O) groups excluding carboxylic acids is 3. The van der Waals surface area contributed by atoms with Crippen LogP contribution >= 0.6 is 0 Å². The maximum atomic E-state index is 13.6. The van der Waals surface area contributed by atoms with Gasteiger partial charge >= 0.3 is 18.1 Å². The summed E-state index contributed by atoms with van der Waals surface area (Å²) in [5, 5.41) is 12.7. The number of nitrogens with one attached hydrogen (secondary N) is 1. The molecule has 2 aliphatic rings. The van der Waals surface area contributed by atoms with E-state index >= 15 is 0 Å². The molecule has 0 aromatic heterocycles. The molecular weight excluding hydrogens is 492 g/mol. The fourth-order valence-electron chi connectivity index (χ4n) is 4.73. The number of aliphatic carboxylic acids is 1. The summed E-state index contributed by atoms with van der Waals surface area (Å²) < 4.78 is 15.4. The van der Waals surface area contributed by atoms with Crippen molar-refractivity contribution in [2.24, 2.45) is 0 Å². The molecule has 2 aliphatic heterocycles. The van der Waals surface area contributed by atoms with E-state index in [1.165, 1.54) is 4.90 Å². The normalized spacial score (nSPS) is 22.0. The Kier molecular flexibility index (Phi) is 8.62. The molecule has 0 radical (unpaired) electrons. The van der Waals surface area contributed by atoms with Gasteiger partial charge in [0, 0.05) is 13.0 Å². The molecule has 1 fully saturated rings. The molecule has 1 saturated heterocycles. The number of fused-ring (bicyclic) bond motifs is 1. The standard InChI is InChI=1S/C28H32N2O8/c1-17(29-22(26(32)33)13-12-19-8-4-3-5-9-19)25(31)30-15-21-11-7-6-10-20(21)14-23(30)27(34)36-16-24-18(2)37-28(35)38-24/h3-11,17-18,22-24,29H,12-16H2,1-2H3,(H,32,33)/t17-,18?,22-,23-,24?/m0/s1. The average Bonchev–Trinajstić information content (AvgIpc) is 3.25. The largest absolute Gasteiger partial charge is 0.509 e. The number of amides is 1. The first kappa shape index (κ1) is 27.1. The van der Waals surface area contributed by atoms with Crippen molar-refractivity contribution in [2.75, 3.05) is 6.61 Å².